The first-order valence-corrected chi connectivity index (χ1v) is 13.9. The molecule has 2 aromatic carbocycles. The maximum Gasteiger partial charge on any atom is 0.319 e. The van der Waals surface area contributed by atoms with Crippen molar-refractivity contribution in [2.24, 2.45) is 0 Å². The lowest BCUT2D eigenvalue weighted by Gasteiger charge is -2.23. The van der Waals surface area contributed by atoms with Gasteiger partial charge in [-0.25, -0.2) is 8.78 Å². The lowest BCUT2D eigenvalue weighted by molar-refractivity contribution is 0.172. The number of fused-ring (bicyclic) bond motifs is 2. The number of nitrogens with zero attached hydrogens (tertiary/aromatic N) is 4. The van der Waals surface area contributed by atoms with Crippen molar-refractivity contribution in [3.8, 4) is 29.0 Å². The van der Waals surface area contributed by atoms with Crippen molar-refractivity contribution in [1.82, 2.24) is 15.3 Å². The summed E-state index contributed by atoms with van der Waals surface area (Å²) in [6, 6.07) is 4.71. The highest BCUT2D eigenvalue weighted by Crippen LogP contribution is 2.50. The molecule has 2 bridgehead atoms. The Balaban J connectivity index is 1.67. The lowest BCUT2D eigenvalue weighted by atomic mass is 9.96. The highest BCUT2D eigenvalue weighted by atomic mass is 35.5. The molecule has 0 saturated heterocycles. The van der Waals surface area contributed by atoms with Crippen LogP contribution in [0.25, 0.3) is 32.1 Å². The van der Waals surface area contributed by atoms with Gasteiger partial charge in [0.2, 0.25) is 0 Å². The van der Waals surface area contributed by atoms with Crippen LogP contribution in [0, 0.1) is 23.0 Å². The summed E-state index contributed by atoms with van der Waals surface area (Å²) in [5.41, 5.74) is 6.28. The van der Waals surface area contributed by atoms with Gasteiger partial charge < -0.3 is 25.4 Å². The number of ether oxygens (including phenoxy) is 2. The smallest absolute Gasteiger partial charge is 0.319 e. The number of nitrogens with two attached hydrogens (primary N) is 1. The lowest BCUT2D eigenvalue weighted by Crippen LogP contribution is -2.30. The minimum absolute atomic E-state index is 0.000636. The topological polar surface area (TPSA) is 109 Å². The number of nitriles is 1. The van der Waals surface area contributed by atoms with Crippen molar-refractivity contribution in [2.45, 2.75) is 31.8 Å². The zero-order valence-corrected chi connectivity index (χ0v) is 22.7. The fraction of sp³-hybridized carbons (Fsp3) is 0.370. The van der Waals surface area contributed by atoms with Gasteiger partial charge in [-0.2, -0.15) is 15.2 Å². The van der Waals surface area contributed by atoms with Gasteiger partial charge in [0, 0.05) is 24.0 Å². The molecule has 1 unspecified atom stereocenters. The third-order valence-corrected chi connectivity index (χ3v) is 8.59. The molecule has 39 heavy (non-hydrogen) atoms. The first kappa shape index (κ1) is 25.8. The fourth-order valence-electron chi connectivity index (χ4n) is 5.41. The van der Waals surface area contributed by atoms with Crippen LogP contribution < -0.4 is 25.4 Å². The molecule has 6 rings (SSSR count). The predicted molar refractivity (Wildman–Crippen MR) is 149 cm³/mol. The molecule has 0 fully saturated rings. The molecular weight excluding hydrogens is 546 g/mol. The second-order valence-corrected chi connectivity index (χ2v) is 11.1. The molecule has 0 saturated carbocycles. The van der Waals surface area contributed by atoms with Crippen molar-refractivity contribution in [1.29, 1.82) is 5.26 Å². The number of anilines is 2. The molecule has 2 aromatic heterocycles. The van der Waals surface area contributed by atoms with Gasteiger partial charge in [0.1, 0.15) is 40.9 Å². The first-order valence-electron chi connectivity index (χ1n) is 12.8. The maximum absolute atomic E-state index is 16.7. The summed E-state index contributed by atoms with van der Waals surface area (Å²) in [5.74, 6) is -0.551. The fourth-order valence-corrected chi connectivity index (χ4v) is 6.69. The molecule has 2 aliphatic heterocycles. The molecule has 2 aliphatic rings. The van der Waals surface area contributed by atoms with E-state index in [1.54, 1.807) is 0 Å². The van der Waals surface area contributed by atoms with Gasteiger partial charge in [0.05, 0.1) is 27.2 Å². The van der Waals surface area contributed by atoms with E-state index in [1.165, 1.54) is 12.1 Å². The summed E-state index contributed by atoms with van der Waals surface area (Å²) in [5, 5.41) is 13.6. The normalized spacial score (nSPS) is 17.4. The Labute approximate surface area is 232 Å². The van der Waals surface area contributed by atoms with Crippen molar-refractivity contribution in [3.63, 3.8) is 0 Å². The number of hydrogen-bond acceptors (Lipinski definition) is 9. The molecular formula is C27H25ClF2N6O2S. The standard InChI is InChI=1S/C27H25ClF2N6O2S/c1-33-12-13-5-3-2-4-8-36-9-10-37-23-19-22(34-27(38-13)35-26(19)36)21(30)18(20(23)28)14-6-7-16(29)24-17(14)15(11-31)25(32)39-24/h6-7,13,33H,2-5,8-10,12,32H2,1H3. The predicted octanol–water partition coefficient (Wildman–Crippen LogP) is 5.64. The number of aromatic nitrogens is 2. The van der Waals surface area contributed by atoms with Crippen molar-refractivity contribution < 1.29 is 18.3 Å². The Morgan fingerprint density at radius 3 is 2.87 bits per heavy atom. The molecule has 1 atom stereocenters. The van der Waals surface area contributed by atoms with Gasteiger partial charge in [-0.05, 0) is 37.9 Å². The number of benzene rings is 2. The van der Waals surface area contributed by atoms with Gasteiger partial charge in [-0.1, -0.05) is 24.1 Å². The quantitative estimate of drug-likeness (QED) is 0.326. The first-order chi connectivity index (χ1) is 18.9. The summed E-state index contributed by atoms with van der Waals surface area (Å²) in [4.78, 5) is 11.3. The van der Waals surface area contributed by atoms with Crippen LogP contribution in [0.5, 0.6) is 11.8 Å². The molecule has 202 valence electrons. The molecule has 3 N–H and O–H groups in total. The second kappa shape index (κ2) is 10.3. The number of halogens is 3. The van der Waals surface area contributed by atoms with E-state index in [4.69, 9.17) is 31.8 Å². The zero-order chi connectivity index (χ0) is 27.3. The van der Waals surface area contributed by atoms with Crippen LogP contribution in [0.3, 0.4) is 0 Å². The molecule has 0 spiro atoms. The van der Waals surface area contributed by atoms with Crippen molar-refractivity contribution >= 4 is 54.7 Å². The third-order valence-electron chi connectivity index (χ3n) is 7.21. The maximum atomic E-state index is 16.7. The van der Waals surface area contributed by atoms with E-state index in [2.05, 4.69) is 15.2 Å². The second-order valence-electron chi connectivity index (χ2n) is 9.62. The summed E-state index contributed by atoms with van der Waals surface area (Å²) in [6.45, 7) is 2.12. The van der Waals surface area contributed by atoms with Gasteiger partial charge in [0.15, 0.2) is 11.6 Å². The molecule has 8 nitrogen and oxygen atoms in total. The summed E-state index contributed by atoms with van der Waals surface area (Å²) in [7, 11) is 1.85. The monoisotopic (exact) mass is 570 g/mol. The van der Waals surface area contributed by atoms with Crippen LogP contribution >= 0.6 is 22.9 Å². The Hall–Kier alpha value is -3.46. The minimum Gasteiger partial charge on any atom is -0.489 e. The number of nitrogens with one attached hydrogen (secondary N) is 1. The Bertz CT molecular complexity index is 1660. The largest absolute Gasteiger partial charge is 0.489 e. The van der Waals surface area contributed by atoms with Crippen LogP contribution in [0.15, 0.2) is 12.1 Å². The molecule has 0 amide bonds. The Morgan fingerprint density at radius 1 is 1.23 bits per heavy atom. The average molecular weight is 571 g/mol. The van der Waals surface area contributed by atoms with Crippen molar-refractivity contribution in [3.05, 3.63) is 34.4 Å². The third kappa shape index (κ3) is 4.27. The van der Waals surface area contributed by atoms with E-state index in [0.29, 0.717) is 37.4 Å². The SMILES string of the molecule is CNCC1CCCCCN2CCOc3c(Cl)c(-c4ccc(F)c5sc(N)c(C#N)c45)c(F)c4nc(nc2c34)O1. The van der Waals surface area contributed by atoms with Gasteiger partial charge in [-0.15, -0.1) is 11.3 Å². The van der Waals surface area contributed by atoms with Crippen LogP contribution in [0.4, 0.5) is 19.6 Å². The van der Waals surface area contributed by atoms with E-state index < -0.39 is 11.6 Å². The average Bonchev–Trinajstić information content (AvgIpc) is 3.14. The molecule has 0 radical (unpaired) electrons. The highest BCUT2D eigenvalue weighted by molar-refractivity contribution is 7.23. The van der Waals surface area contributed by atoms with E-state index >= 15 is 4.39 Å². The molecule has 12 heteroatoms. The summed E-state index contributed by atoms with van der Waals surface area (Å²) < 4.78 is 43.9. The molecule has 4 aromatic rings. The van der Waals surface area contributed by atoms with Gasteiger partial charge >= 0.3 is 6.01 Å². The van der Waals surface area contributed by atoms with E-state index in [0.717, 1.165) is 37.0 Å². The number of likely N-dealkylation sites (N-methyl/N-ethyl adjacent to an activating group) is 1. The summed E-state index contributed by atoms with van der Waals surface area (Å²) >= 11 is 7.83. The minimum atomic E-state index is -0.737. The van der Waals surface area contributed by atoms with E-state index in [9.17, 15) is 9.65 Å². The number of nitrogen functional groups attached to an aromatic ring is 1. The Kier molecular flexibility index (Phi) is 6.79. The summed E-state index contributed by atoms with van der Waals surface area (Å²) in [6.07, 6.45) is 3.55. The zero-order valence-electron chi connectivity index (χ0n) is 21.1. The van der Waals surface area contributed by atoms with Crippen LogP contribution in [0.2, 0.25) is 5.02 Å². The van der Waals surface area contributed by atoms with Gasteiger partial charge in [0.25, 0.3) is 0 Å². The number of rotatable bonds is 3. The van der Waals surface area contributed by atoms with Crippen molar-refractivity contribution in [2.75, 3.05) is 43.9 Å². The van der Waals surface area contributed by atoms with E-state index in [-0.39, 0.29) is 60.2 Å². The van der Waals surface area contributed by atoms with Gasteiger partial charge in [-0.3, -0.25) is 0 Å². The van der Waals surface area contributed by atoms with Crippen LogP contribution in [-0.4, -0.2) is 49.4 Å². The highest BCUT2D eigenvalue weighted by Gasteiger charge is 2.32. The van der Waals surface area contributed by atoms with Crippen LogP contribution in [0.1, 0.15) is 31.2 Å². The van der Waals surface area contributed by atoms with E-state index in [1.807, 2.05) is 13.1 Å². The number of thiophene rings is 1. The molecule has 0 aliphatic carbocycles. The molecule has 4 heterocycles. The Morgan fingerprint density at radius 2 is 2.08 bits per heavy atom. The van der Waals surface area contributed by atoms with Crippen LogP contribution in [-0.2, 0) is 0 Å². The number of hydrogen-bond donors (Lipinski definition) is 2.